The molecule has 1 aliphatic heterocycles. The minimum atomic E-state index is -0.152. The van der Waals surface area contributed by atoms with Crippen molar-refractivity contribution in [1.29, 1.82) is 0 Å². The quantitative estimate of drug-likeness (QED) is 0.867. The predicted octanol–water partition coefficient (Wildman–Crippen LogP) is 2.65. The van der Waals surface area contributed by atoms with E-state index < -0.39 is 0 Å². The monoisotopic (exact) mass is 298 g/mol. The highest BCUT2D eigenvalue weighted by Crippen LogP contribution is 2.20. The lowest BCUT2D eigenvalue weighted by Gasteiger charge is -2.32. The molecule has 1 heterocycles. The maximum atomic E-state index is 11.4. The van der Waals surface area contributed by atoms with Crippen LogP contribution in [-0.2, 0) is 11.3 Å². The van der Waals surface area contributed by atoms with Crippen molar-refractivity contribution in [1.82, 2.24) is 10.2 Å². The molecule has 1 fully saturated rings. The van der Waals surface area contributed by atoms with Crippen molar-refractivity contribution in [3.8, 4) is 11.8 Å². The number of hydrogen-bond acceptors (Lipinski definition) is 2. The maximum Gasteiger partial charge on any atom is 0.295 e. The molecule has 0 spiro atoms. The fourth-order valence-electron chi connectivity index (χ4n) is 2.95. The summed E-state index contributed by atoms with van der Waals surface area (Å²) >= 11 is 0. The summed E-state index contributed by atoms with van der Waals surface area (Å²) < 4.78 is 0. The van der Waals surface area contributed by atoms with E-state index in [1.807, 2.05) is 0 Å². The fourth-order valence-corrected chi connectivity index (χ4v) is 2.95. The molecule has 1 N–H and O–H groups in total. The molecule has 0 aromatic heterocycles. The van der Waals surface area contributed by atoms with E-state index in [1.54, 1.807) is 6.92 Å². The van der Waals surface area contributed by atoms with Gasteiger partial charge in [0.1, 0.15) is 0 Å². The standard InChI is InChI=1S/C19H26N2O/c1-4-5-19(22)20-13-17-8-10-21(11-9-17)14-18-12-15(2)6-7-16(18)3/h6-7,12,17H,8-11,13-14H2,1-3H3,(H,20,22). The number of rotatable bonds is 4. The van der Waals surface area contributed by atoms with Crippen molar-refractivity contribution < 1.29 is 4.79 Å². The lowest BCUT2D eigenvalue weighted by molar-refractivity contribution is -0.115. The van der Waals surface area contributed by atoms with Crippen LogP contribution in [0, 0.1) is 31.6 Å². The Hall–Kier alpha value is -1.79. The topological polar surface area (TPSA) is 32.3 Å². The maximum absolute atomic E-state index is 11.4. The minimum Gasteiger partial charge on any atom is -0.345 e. The zero-order valence-corrected chi connectivity index (χ0v) is 13.9. The molecule has 0 saturated carbocycles. The average Bonchev–Trinajstić information content (AvgIpc) is 2.50. The Morgan fingerprint density at radius 3 is 2.73 bits per heavy atom. The molecule has 2 rings (SSSR count). The molecule has 1 aromatic rings. The summed E-state index contributed by atoms with van der Waals surface area (Å²) in [5, 5.41) is 2.90. The van der Waals surface area contributed by atoms with Crippen LogP contribution in [0.15, 0.2) is 18.2 Å². The Bertz CT molecular complexity index is 575. The number of nitrogens with one attached hydrogen (secondary N) is 1. The zero-order chi connectivity index (χ0) is 15.9. The molecule has 22 heavy (non-hydrogen) atoms. The number of nitrogens with zero attached hydrogens (tertiary/aromatic N) is 1. The summed E-state index contributed by atoms with van der Waals surface area (Å²) in [6, 6.07) is 6.68. The van der Waals surface area contributed by atoms with E-state index >= 15 is 0 Å². The van der Waals surface area contributed by atoms with Gasteiger partial charge in [-0.1, -0.05) is 29.7 Å². The fraction of sp³-hybridized carbons (Fsp3) is 0.526. The van der Waals surface area contributed by atoms with Crippen LogP contribution in [0.4, 0.5) is 0 Å². The molecule has 1 aromatic carbocycles. The predicted molar refractivity (Wildman–Crippen MR) is 90.4 cm³/mol. The molecule has 3 nitrogen and oxygen atoms in total. The second-order valence-corrected chi connectivity index (χ2v) is 6.23. The van der Waals surface area contributed by atoms with Gasteiger partial charge in [-0.05, 0) is 69.7 Å². The molecule has 0 unspecified atom stereocenters. The lowest BCUT2D eigenvalue weighted by atomic mass is 9.96. The molecule has 0 radical (unpaired) electrons. The van der Waals surface area contributed by atoms with Crippen molar-refractivity contribution >= 4 is 5.91 Å². The first-order chi connectivity index (χ1) is 10.6. The van der Waals surface area contributed by atoms with Crippen molar-refractivity contribution in [3.63, 3.8) is 0 Å². The van der Waals surface area contributed by atoms with Crippen LogP contribution in [0.1, 0.15) is 36.5 Å². The Labute approximate surface area is 134 Å². The van der Waals surface area contributed by atoms with Gasteiger partial charge in [-0.15, -0.1) is 0 Å². The molecule has 1 saturated heterocycles. The van der Waals surface area contributed by atoms with Crippen LogP contribution in [0.5, 0.6) is 0 Å². The van der Waals surface area contributed by atoms with Gasteiger partial charge in [0.2, 0.25) is 0 Å². The van der Waals surface area contributed by atoms with E-state index in [1.165, 1.54) is 16.7 Å². The van der Waals surface area contributed by atoms with Gasteiger partial charge >= 0.3 is 0 Å². The van der Waals surface area contributed by atoms with Gasteiger partial charge in [0.15, 0.2) is 0 Å². The number of carbonyl (C=O) groups excluding carboxylic acids is 1. The first kappa shape index (κ1) is 16.6. The van der Waals surface area contributed by atoms with E-state index in [4.69, 9.17) is 0 Å². The highest BCUT2D eigenvalue weighted by Gasteiger charge is 2.19. The average molecular weight is 298 g/mol. The summed E-state index contributed by atoms with van der Waals surface area (Å²) in [5.41, 5.74) is 4.14. The second-order valence-electron chi connectivity index (χ2n) is 6.23. The molecule has 0 aliphatic carbocycles. The largest absolute Gasteiger partial charge is 0.345 e. The minimum absolute atomic E-state index is 0.152. The van der Waals surface area contributed by atoms with Crippen molar-refractivity contribution in [2.75, 3.05) is 19.6 Å². The first-order valence-corrected chi connectivity index (χ1v) is 8.07. The third-order valence-electron chi connectivity index (χ3n) is 4.40. The Morgan fingerprint density at radius 1 is 1.32 bits per heavy atom. The zero-order valence-electron chi connectivity index (χ0n) is 13.9. The van der Waals surface area contributed by atoms with Gasteiger partial charge in [-0.25, -0.2) is 0 Å². The van der Waals surface area contributed by atoms with E-state index in [-0.39, 0.29) is 5.91 Å². The van der Waals surface area contributed by atoms with Gasteiger partial charge < -0.3 is 5.32 Å². The number of amides is 1. The summed E-state index contributed by atoms with van der Waals surface area (Å²) in [5.74, 6) is 5.59. The van der Waals surface area contributed by atoms with Gasteiger partial charge in [0.25, 0.3) is 5.91 Å². The normalized spacial score (nSPS) is 16.0. The third kappa shape index (κ3) is 4.89. The number of likely N-dealkylation sites (tertiary alicyclic amines) is 1. The van der Waals surface area contributed by atoms with Crippen molar-refractivity contribution in [3.05, 3.63) is 34.9 Å². The molecular weight excluding hydrogens is 272 g/mol. The van der Waals surface area contributed by atoms with Crippen LogP contribution in [0.25, 0.3) is 0 Å². The van der Waals surface area contributed by atoms with Gasteiger partial charge in [0.05, 0.1) is 0 Å². The highest BCUT2D eigenvalue weighted by molar-refractivity contribution is 5.93. The Kier molecular flexibility index (Phi) is 6.03. The van der Waals surface area contributed by atoms with Crippen molar-refractivity contribution in [2.45, 2.75) is 40.2 Å². The van der Waals surface area contributed by atoms with E-state index in [0.29, 0.717) is 5.92 Å². The number of benzene rings is 1. The molecule has 0 bridgehead atoms. The molecule has 0 atom stereocenters. The van der Waals surface area contributed by atoms with Crippen LogP contribution < -0.4 is 5.32 Å². The highest BCUT2D eigenvalue weighted by atomic mass is 16.1. The lowest BCUT2D eigenvalue weighted by Crippen LogP contribution is -2.38. The van der Waals surface area contributed by atoms with Crippen LogP contribution in [0.3, 0.4) is 0 Å². The van der Waals surface area contributed by atoms with Crippen LogP contribution in [0.2, 0.25) is 0 Å². The van der Waals surface area contributed by atoms with Gasteiger partial charge in [-0.3, -0.25) is 9.69 Å². The summed E-state index contributed by atoms with van der Waals surface area (Å²) in [7, 11) is 0. The van der Waals surface area contributed by atoms with Crippen molar-refractivity contribution in [2.24, 2.45) is 5.92 Å². The van der Waals surface area contributed by atoms with Crippen LogP contribution in [-0.4, -0.2) is 30.4 Å². The number of aryl methyl sites for hydroxylation is 2. The summed E-state index contributed by atoms with van der Waals surface area (Å²) in [4.78, 5) is 13.9. The summed E-state index contributed by atoms with van der Waals surface area (Å²) in [6.07, 6.45) is 2.29. The molecular formula is C19H26N2O. The SMILES string of the molecule is CC#CC(=O)NCC1CCN(Cc2cc(C)ccc2C)CC1. The Balaban J connectivity index is 1.78. The van der Waals surface area contributed by atoms with E-state index in [2.05, 4.69) is 54.1 Å². The van der Waals surface area contributed by atoms with E-state index in [0.717, 1.165) is 39.0 Å². The van der Waals surface area contributed by atoms with Gasteiger partial charge in [0, 0.05) is 13.1 Å². The molecule has 1 amide bonds. The van der Waals surface area contributed by atoms with Crippen LogP contribution >= 0.6 is 0 Å². The van der Waals surface area contributed by atoms with Gasteiger partial charge in [-0.2, -0.15) is 0 Å². The number of hydrogen-bond donors (Lipinski definition) is 1. The summed E-state index contributed by atoms with van der Waals surface area (Å²) in [6.45, 7) is 10.0. The number of piperidine rings is 1. The van der Waals surface area contributed by atoms with E-state index in [9.17, 15) is 4.79 Å². The smallest absolute Gasteiger partial charge is 0.295 e. The Morgan fingerprint density at radius 2 is 2.05 bits per heavy atom. The first-order valence-electron chi connectivity index (χ1n) is 8.07. The molecule has 118 valence electrons. The second kappa shape index (κ2) is 8.00. The third-order valence-corrected chi connectivity index (χ3v) is 4.40. The molecule has 1 aliphatic rings. The molecule has 3 heteroatoms. The number of carbonyl (C=O) groups is 1.